The molecule has 1 unspecified atom stereocenters. The predicted molar refractivity (Wildman–Crippen MR) is 73.6 cm³/mol. The van der Waals surface area contributed by atoms with E-state index in [0.29, 0.717) is 18.5 Å². The lowest BCUT2D eigenvalue weighted by molar-refractivity contribution is -0.385. The Morgan fingerprint density at radius 1 is 1.45 bits per heavy atom. The summed E-state index contributed by atoms with van der Waals surface area (Å²) in [7, 11) is 0. The molecule has 1 aromatic carbocycles. The van der Waals surface area contributed by atoms with Gasteiger partial charge in [0.1, 0.15) is 0 Å². The van der Waals surface area contributed by atoms with E-state index in [1.165, 1.54) is 6.07 Å². The molecule has 2 rings (SSSR count). The lowest BCUT2D eigenvalue weighted by atomic mass is 10.1. The van der Waals surface area contributed by atoms with Crippen molar-refractivity contribution in [1.29, 1.82) is 0 Å². The fourth-order valence-corrected chi connectivity index (χ4v) is 2.79. The molecule has 108 valence electrons. The van der Waals surface area contributed by atoms with Crippen LogP contribution < -0.4 is 0 Å². The van der Waals surface area contributed by atoms with Crippen molar-refractivity contribution in [3.8, 4) is 0 Å². The van der Waals surface area contributed by atoms with Gasteiger partial charge in [-0.15, -0.1) is 0 Å². The first-order valence-electron chi connectivity index (χ1n) is 6.76. The standard InChI is InChI=1S/C14H18N2O4/c17-14(18)10-12-5-3-8-15(12)9-7-11-4-1-2-6-13(11)16(19)20/h1-2,4,6,12H,3,5,7-10H2,(H,17,18). The molecule has 1 atom stereocenters. The number of carboxylic acid groups (broad SMARTS) is 1. The zero-order valence-electron chi connectivity index (χ0n) is 11.2. The van der Waals surface area contributed by atoms with Gasteiger partial charge in [0.2, 0.25) is 0 Å². The molecule has 6 heteroatoms. The second-order valence-corrected chi connectivity index (χ2v) is 5.07. The molecule has 0 bridgehead atoms. The van der Waals surface area contributed by atoms with Crippen molar-refractivity contribution in [2.75, 3.05) is 13.1 Å². The SMILES string of the molecule is O=C(O)CC1CCCN1CCc1ccccc1[N+](=O)[O-]. The fourth-order valence-electron chi connectivity index (χ4n) is 2.79. The highest BCUT2D eigenvalue weighted by molar-refractivity contribution is 5.67. The summed E-state index contributed by atoms with van der Waals surface area (Å²) in [4.78, 5) is 23.5. The zero-order chi connectivity index (χ0) is 14.5. The normalized spacial score (nSPS) is 19.1. The predicted octanol–water partition coefficient (Wildman–Crippen LogP) is 2.08. The first-order chi connectivity index (χ1) is 9.58. The van der Waals surface area contributed by atoms with Gasteiger partial charge in [0.15, 0.2) is 0 Å². The molecule has 0 aliphatic carbocycles. The third kappa shape index (κ3) is 3.54. The van der Waals surface area contributed by atoms with Gasteiger partial charge < -0.3 is 5.11 Å². The molecule has 1 aromatic rings. The summed E-state index contributed by atoms with van der Waals surface area (Å²) in [5.41, 5.74) is 0.847. The van der Waals surface area contributed by atoms with Gasteiger partial charge >= 0.3 is 5.97 Å². The summed E-state index contributed by atoms with van der Waals surface area (Å²) in [5, 5.41) is 19.8. The van der Waals surface area contributed by atoms with Crippen LogP contribution in [0.2, 0.25) is 0 Å². The number of rotatable bonds is 6. The maximum absolute atomic E-state index is 10.9. The molecule has 0 spiro atoms. The lowest BCUT2D eigenvalue weighted by Gasteiger charge is -2.22. The third-order valence-electron chi connectivity index (χ3n) is 3.77. The van der Waals surface area contributed by atoms with Crippen molar-refractivity contribution in [2.24, 2.45) is 0 Å². The van der Waals surface area contributed by atoms with E-state index >= 15 is 0 Å². The highest BCUT2D eigenvalue weighted by Gasteiger charge is 2.26. The number of hydrogen-bond donors (Lipinski definition) is 1. The number of para-hydroxylation sites is 1. The van der Waals surface area contributed by atoms with Gasteiger partial charge in [-0.25, -0.2) is 0 Å². The highest BCUT2D eigenvalue weighted by atomic mass is 16.6. The molecule has 0 saturated carbocycles. The van der Waals surface area contributed by atoms with E-state index in [1.807, 2.05) is 0 Å². The van der Waals surface area contributed by atoms with E-state index < -0.39 is 5.97 Å². The van der Waals surface area contributed by atoms with E-state index in [2.05, 4.69) is 4.90 Å². The number of carboxylic acids is 1. The van der Waals surface area contributed by atoms with Gasteiger partial charge in [-0.2, -0.15) is 0 Å². The lowest BCUT2D eigenvalue weighted by Crippen LogP contribution is -2.33. The average molecular weight is 278 g/mol. The third-order valence-corrected chi connectivity index (χ3v) is 3.77. The van der Waals surface area contributed by atoms with Gasteiger partial charge in [-0.3, -0.25) is 19.8 Å². The van der Waals surface area contributed by atoms with Crippen molar-refractivity contribution in [3.63, 3.8) is 0 Å². The van der Waals surface area contributed by atoms with Crippen LogP contribution in [-0.4, -0.2) is 40.0 Å². The number of nitro benzene ring substituents is 1. The Balaban J connectivity index is 1.98. The van der Waals surface area contributed by atoms with Gasteiger partial charge in [0.05, 0.1) is 11.3 Å². The summed E-state index contributed by atoms with van der Waals surface area (Å²) in [6.07, 6.45) is 2.61. The topological polar surface area (TPSA) is 83.7 Å². The quantitative estimate of drug-likeness (QED) is 0.636. The molecule has 1 saturated heterocycles. The van der Waals surface area contributed by atoms with Gasteiger partial charge in [0, 0.05) is 24.2 Å². The monoisotopic (exact) mass is 278 g/mol. The number of benzene rings is 1. The molecule has 0 aromatic heterocycles. The molecule has 1 heterocycles. The Hall–Kier alpha value is -1.95. The van der Waals surface area contributed by atoms with E-state index in [-0.39, 0.29) is 23.1 Å². The van der Waals surface area contributed by atoms with Crippen molar-refractivity contribution in [3.05, 3.63) is 39.9 Å². The average Bonchev–Trinajstić information content (AvgIpc) is 2.83. The van der Waals surface area contributed by atoms with Crippen LogP contribution in [0.1, 0.15) is 24.8 Å². The molecule has 1 aliphatic heterocycles. The van der Waals surface area contributed by atoms with Crippen molar-refractivity contribution in [2.45, 2.75) is 31.7 Å². The first kappa shape index (κ1) is 14.5. The fraction of sp³-hybridized carbons (Fsp3) is 0.500. The Kier molecular flexibility index (Phi) is 4.68. The van der Waals surface area contributed by atoms with Crippen LogP contribution in [0.3, 0.4) is 0 Å². The van der Waals surface area contributed by atoms with Crippen LogP contribution >= 0.6 is 0 Å². The van der Waals surface area contributed by atoms with Gasteiger partial charge in [-0.1, -0.05) is 18.2 Å². The second kappa shape index (κ2) is 6.47. The minimum Gasteiger partial charge on any atom is -0.481 e. The zero-order valence-corrected chi connectivity index (χ0v) is 11.2. The van der Waals surface area contributed by atoms with Crippen LogP contribution in [0.5, 0.6) is 0 Å². The van der Waals surface area contributed by atoms with Crippen molar-refractivity contribution >= 4 is 11.7 Å². The van der Waals surface area contributed by atoms with Gasteiger partial charge in [-0.05, 0) is 25.8 Å². The smallest absolute Gasteiger partial charge is 0.304 e. The Morgan fingerprint density at radius 2 is 2.20 bits per heavy atom. The van der Waals surface area contributed by atoms with Crippen LogP contribution in [0.4, 0.5) is 5.69 Å². The Morgan fingerprint density at radius 3 is 2.90 bits per heavy atom. The van der Waals surface area contributed by atoms with Crippen LogP contribution in [0.25, 0.3) is 0 Å². The summed E-state index contributed by atoms with van der Waals surface area (Å²) < 4.78 is 0. The number of likely N-dealkylation sites (tertiary alicyclic amines) is 1. The van der Waals surface area contributed by atoms with E-state index in [1.54, 1.807) is 18.2 Å². The summed E-state index contributed by atoms with van der Waals surface area (Å²) >= 11 is 0. The molecule has 0 amide bonds. The van der Waals surface area contributed by atoms with E-state index in [0.717, 1.165) is 19.4 Å². The molecule has 6 nitrogen and oxygen atoms in total. The second-order valence-electron chi connectivity index (χ2n) is 5.07. The van der Waals surface area contributed by atoms with E-state index in [9.17, 15) is 14.9 Å². The van der Waals surface area contributed by atoms with Crippen LogP contribution in [0.15, 0.2) is 24.3 Å². The highest BCUT2D eigenvalue weighted by Crippen LogP contribution is 2.23. The maximum atomic E-state index is 10.9. The van der Waals surface area contributed by atoms with Gasteiger partial charge in [0.25, 0.3) is 5.69 Å². The van der Waals surface area contributed by atoms with Crippen LogP contribution in [-0.2, 0) is 11.2 Å². The minimum atomic E-state index is -0.785. The van der Waals surface area contributed by atoms with Crippen molar-refractivity contribution < 1.29 is 14.8 Å². The Bertz CT molecular complexity index is 504. The molecule has 1 fully saturated rings. The number of carbonyl (C=O) groups is 1. The van der Waals surface area contributed by atoms with E-state index in [4.69, 9.17) is 5.11 Å². The molecule has 1 aliphatic rings. The molecule has 1 N–H and O–H groups in total. The number of aliphatic carboxylic acids is 1. The van der Waals surface area contributed by atoms with Crippen molar-refractivity contribution in [1.82, 2.24) is 4.90 Å². The largest absolute Gasteiger partial charge is 0.481 e. The van der Waals surface area contributed by atoms with Crippen LogP contribution in [0, 0.1) is 10.1 Å². The molecule has 0 radical (unpaired) electrons. The minimum absolute atomic E-state index is 0.0651. The number of hydrogen-bond acceptors (Lipinski definition) is 4. The number of nitrogens with zero attached hydrogens (tertiary/aromatic N) is 2. The molecular weight excluding hydrogens is 260 g/mol. The summed E-state index contributed by atoms with van der Waals surface area (Å²) in [6.45, 7) is 1.54. The molecule has 20 heavy (non-hydrogen) atoms. The Labute approximate surface area is 117 Å². The number of nitro groups is 1. The molecular formula is C14H18N2O4. The summed E-state index contributed by atoms with van der Waals surface area (Å²) in [5.74, 6) is -0.785. The summed E-state index contributed by atoms with van der Waals surface area (Å²) in [6, 6.07) is 6.79. The maximum Gasteiger partial charge on any atom is 0.304 e. The first-order valence-corrected chi connectivity index (χ1v) is 6.76.